The Morgan fingerprint density at radius 2 is 2.00 bits per heavy atom. The molecule has 1 aromatic carbocycles. The first-order valence-electron chi connectivity index (χ1n) is 6.33. The van der Waals surface area contributed by atoms with Gasteiger partial charge in [-0.25, -0.2) is 4.98 Å². The lowest BCUT2D eigenvalue weighted by Crippen LogP contribution is -2.18. The van der Waals surface area contributed by atoms with E-state index in [1.165, 1.54) is 13.1 Å². The van der Waals surface area contributed by atoms with Crippen LogP contribution in [0.2, 0.25) is 0 Å². The van der Waals surface area contributed by atoms with Crippen molar-refractivity contribution in [2.24, 2.45) is 0 Å². The third kappa shape index (κ3) is 3.12. The van der Waals surface area contributed by atoms with Crippen LogP contribution in [-0.2, 0) is 9.53 Å². The van der Waals surface area contributed by atoms with Gasteiger partial charge in [0.25, 0.3) is 0 Å². The van der Waals surface area contributed by atoms with E-state index >= 15 is 0 Å². The van der Waals surface area contributed by atoms with Crippen LogP contribution in [0.3, 0.4) is 0 Å². The van der Waals surface area contributed by atoms with Crippen molar-refractivity contribution in [3.8, 4) is 0 Å². The van der Waals surface area contributed by atoms with Gasteiger partial charge in [0.2, 0.25) is 5.78 Å². The Morgan fingerprint density at radius 3 is 2.65 bits per heavy atom. The summed E-state index contributed by atoms with van der Waals surface area (Å²) in [5.41, 5.74) is 1.51. The minimum absolute atomic E-state index is 0.0185. The third-order valence-electron chi connectivity index (χ3n) is 3.06. The first kappa shape index (κ1) is 14.0. The number of carbonyl (C=O) groups is 2. The van der Waals surface area contributed by atoms with Crippen LogP contribution < -0.4 is 0 Å². The van der Waals surface area contributed by atoms with E-state index in [1.54, 1.807) is 10.9 Å². The highest BCUT2D eigenvalue weighted by atomic mass is 16.5. The maximum atomic E-state index is 12.0. The summed E-state index contributed by atoms with van der Waals surface area (Å²) in [7, 11) is 0. The van der Waals surface area contributed by atoms with Crippen LogP contribution in [-0.4, -0.2) is 27.9 Å². The van der Waals surface area contributed by atoms with Gasteiger partial charge in [-0.2, -0.15) is 0 Å². The molecule has 0 amide bonds. The van der Waals surface area contributed by atoms with Crippen LogP contribution in [0.25, 0.3) is 0 Å². The molecule has 0 saturated heterocycles. The van der Waals surface area contributed by atoms with E-state index in [-0.39, 0.29) is 18.4 Å². The molecule has 0 bridgehead atoms. The number of aromatic nitrogens is 2. The zero-order valence-electron chi connectivity index (χ0n) is 11.4. The van der Waals surface area contributed by atoms with Crippen molar-refractivity contribution in [2.75, 3.05) is 6.61 Å². The average molecular weight is 272 g/mol. The molecule has 0 N–H and O–H groups in total. The van der Waals surface area contributed by atoms with E-state index in [1.807, 2.05) is 37.3 Å². The maximum Gasteiger partial charge on any atom is 0.303 e. The van der Waals surface area contributed by atoms with Gasteiger partial charge in [-0.05, 0) is 12.5 Å². The molecule has 20 heavy (non-hydrogen) atoms. The number of rotatable bonds is 5. The number of hydrogen-bond donors (Lipinski definition) is 0. The largest absolute Gasteiger partial charge is 0.457 e. The molecule has 1 aromatic heterocycles. The number of ketones is 1. The fourth-order valence-electron chi connectivity index (χ4n) is 1.96. The molecule has 2 rings (SSSR count). The molecule has 0 aliphatic carbocycles. The summed E-state index contributed by atoms with van der Waals surface area (Å²) >= 11 is 0. The Morgan fingerprint density at radius 1 is 1.30 bits per heavy atom. The second-order valence-electron chi connectivity index (χ2n) is 4.48. The second-order valence-corrected chi connectivity index (χ2v) is 4.48. The maximum absolute atomic E-state index is 12.0. The minimum atomic E-state index is -0.472. The Balaban J connectivity index is 2.20. The van der Waals surface area contributed by atoms with Gasteiger partial charge in [0.15, 0.2) is 6.61 Å². The number of hydrogen-bond acceptors (Lipinski definition) is 4. The smallest absolute Gasteiger partial charge is 0.303 e. The molecule has 1 atom stereocenters. The lowest BCUT2D eigenvalue weighted by atomic mass is 10.1. The monoisotopic (exact) mass is 272 g/mol. The number of ether oxygens (including phenoxy) is 1. The first-order valence-corrected chi connectivity index (χ1v) is 6.33. The van der Waals surface area contributed by atoms with Crippen molar-refractivity contribution >= 4 is 11.8 Å². The SMILES string of the molecule is CC(=O)OCC(=O)c1cncn1[C@H](C)c1ccccc1. The normalized spacial score (nSPS) is 11.9. The van der Waals surface area contributed by atoms with Crippen molar-refractivity contribution in [3.05, 3.63) is 54.1 Å². The van der Waals surface area contributed by atoms with Gasteiger partial charge >= 0.3 is 5.97 Å². The summed E-state index contributed by atoms with van der Waals surface area (Å²) in [6, 6.07) is 9.80. The van der Waals surface area contributed by atoms with Crippen LogP contribution in [0.5, 0.6) is 0 Å². The molecule has 0 fully saturated rings. The van der Waals surface area contributed by atoms with Crippen LogP contribution in [0, 0.1) is 0 Å². The van der Waals surface area contributed by atoms with Crippen molar-refractivity contribution in [1.29, 1.82) is 0 Å². The fourth-order valence-corrected chi connectivity index (χ4v) is 1.96. The predicted molar refractivity (Wildman–Crippen MR) is 73.4 cm³/mol. The van der Waals surface area contributed by atoms with E-state index in [2.05, 4.69) is 4.98 Å². The van der Waals surface area contributed by atoms with Gasteiger partial charge in [-0.3, -0.25) is 9.59 Å². The van der Waals surface area contributed by atoms with E-state index in [9.17, 15) is 9.59 Å². The van der Waals surface area contributed by atoms with Gasteiger partial charge in [0, 0.05) is 6.92 Å². The topological polar surface area (TPSA) is 61.2 Å². The molecule has 2 aromatic rings. The van der Waals surface area contributed by atoms with Gasteiger partial charge in [-0.1, -0.05) is 30.3 Å². The molecule has 0 aliphatic rings. The molecule has 0 spiro atoms. The highest BCUT2D eigenvalue weighted by molar-refractivity contribution is 5.96. The Kier molecular flexibility index (Phi) is 4.30. The standard InChI is InChI=1S/C15H16N2O3/c1-11(13-6-4-3-5-7-13)17-10-16-8-14(17)15(19)9-20-12(2)18/h3-8,10-11H,9H2,1-2H3/t11-/m1/s1. The summed E-state index contributed by atoms with van der Waals surface area (Å²) in [6.07, 6.45) is 3.10. The van der Waals surface area contributed by atoms with Crippen LogP contribution in [0.4, 0.5) is 0 Å². The molecule has 0 aliphatic heterocycles. The van der Waals surface area contributed by atoms with E-state index in [0.29, 0.717) is 5.69 Å². The summed E-state index contributed by atoms with van der Waals surface area (Å²) in [4.78, 5) is 26.8. The molecule has 0 radical (unpaired) electrons. The Labute approximate surface area is 117 Å². The van der Waals surface area contributed by atoms with Crippen LogP contribution in [0.15, 0.2) is 42.9 Å². The molecule has 1 heterocycles. The lowest BCUT2D eigenvalue weighted by molar-refractivity contribution is -0.139. The quantitative estimate of drug-likeness (QED) is 0.618. The highest BCUT2D eigenvalue weighted by Crippen LogP contribution is 2.19. The predicted octanol–water partition coefficient (Wildman–Crippen LogP) is 2.24. The van der Waals surface area contributed by atoms with Crippen molar-refractivity contribution in [1.82, 2.24) is 9.55 Å². The number of benzene rings is 1. The van der Waals surface area contributed by atoms with Crippen molar-refractivity contribution < 1.29 is 14.3 Å². The minimum Gasteiger partial charge on any atom is -0.457 e. The van der Waals surface area contributed by atoms with Crippen molar-refractivity contribution in [3.63, 3.8) is 0 Å². The number of carbonyl (C=O) groups excluding carboxylic acids is 2. The number of esters is 1. The molecular weight excluding hydrogens is 256 g/mol. The highest BCUT2D eigenvalue weighted by Gasteiger charge is 2.17. The molecule has 0 unspecified atom stereocenters. The van der Waals surface area contributed by atoms with Crippen molar-refractivity contribution in [2.45, 2.75) is 19.9 Å². The summed E-state index contributed by atoms with van der Waals surface area (Å²) in [6.45, 7) is 3.00. The molecule has 5 nitrogen and oxygen atoms in total. The summed E-state index contributed by atoms with van der Waals surface area (Å²) in [5.74, 6) is -0.735. The zero-order valence-corrected chi connectivity index (χ0v) is 11.4. The van der Waals surface area contributed by atoms with E-state index in [4.69, 9.17) is 4.74 Å². The van der Waals surface area contributed by atoms with E-state index < -0.39 is 5.97 Å². The van der Waals surface area contributed by atoms with E-state index in [0.717, 1.165) is 5.56 Å². The third-order valence-corrected chi connectivity index (χ3v) is 3.06. The summed E-state index contributed by atoms with van der Waals surface area (Å²) in [5, 5.41) is 0. The molecule has 0 saturated carbocycles. The fraction of sp³-hybridized carbons (Fsp3) is 0.267. The summed E-state index contributed by atoms with van der Waals surface area (Å²) < 4.78 is 6.52. The number of imidazole rings is 1. The van der Waals surface area contributed by atoms with Crippen LogP contribution in [0.1, 0.15) is 35.9 Å². The van der Waals surface area contributed by atoms with Crippen LogP contribution >= 0.6 is 0 Å². The Hall–Kier alpha value is -2.43. The molecular formula is C15H16N2O3. The number of Topliss-reactive ketones (excluding diaryl/α,β-unsaturated/α-hetero) is 1. The Bertz CT molecular complexity index is 605. The molecule has 104 valence electrons. The second kappa shape index (κ2) is 6.14. The molecule has 5 heteroatoms. The van der Waals surface area contributed by atoms with Gasteiger partial charge in [0.1, 0.15) is 5.69 Å². The number of nitrogens with zero attached hydrogens (tertiary/aromatic N) is 2. The van der Waals surface area contributed by atoms with Gasteiger partial charge in [0.05, 0.1) is 18.6 Å². The average Bonchev–Trinajstić information content (AvgIpc) is 2.94. The lowest BCUT2D eigenvalue weighted by Gasteiger charge is -2.16. The van der Waals surface area contributed by atoms with Gasteiger partial charge < -0.3 is 9.30 Å². The van der Waals surface area contributed by atoms with Gasteiger partial charge in [-0.15, -0.1) is 0 Å². The zero-order chi connectivity index (χ0) is 14.5. The first-order chi connectivity index (χ1) is 9.59.